The topological polar surface area (TPSA) is 37.3 Å². The molecule has 0 aliphatic carbocycles. The van der Waals surface area contributed by atoms with E-state index in [1.165, 1.54) is 17.9 Å². The van der Waals surface area contributed by atoms with Crippen molar-refractivity contribution in [1.82, 2.24) is 0 Å². The van der Waals surface area contributed by atoms with Crippen molar-refractivity contribution in [1.29, 1.82) is 0 Å². The maximum absolute atomic E-state index is 9.37. The normalized spacial score (nSPS) is 15.7. The van der Waals surface area contributed by atoms with Gasteiger partial charge < -0.3 is 5.11 Å². The largest absolute Gasteiger partial charge is 0.481 e. The van der Waals surface area contributed by atoms with E-state index in [0.29, 0.717) is 0 Å². The van der Waals surface area contributed by atoms with Gasteiger partial charge in [-0.3, -0.25) is 4.79 Å². The highest BCUT2D eigenvalue weighted by Gasteiger charge is 1.96. The Morgan fingerprint density at radius 3 is 2.00 bits per heavy atom. The van der Waals surface area contributed by atoms with E-state index >= 15 is 0 Å². The maximum Gasteiger partial charge on any atom is 0.303 e. The highest BCUT2D eigenvalue weighted by molar-refractivity contribution is 8.77. The molecule has 1 aliphatic heterocycles. The van der Waals surface area contributed by atoms with Gasteiger partial charge in [0, 0.05) is 17.9 Å². The smallest absolute Gasteiger partial charge is 0.303 e. The van der Waals surface area contributed by atoms with Crippen molar-refractivity contribution in [3.05, 3.63) is 0 Å². The molecule has 0 atom stereocenters. The summed E-state index contributed by atoms with van der Waals surface area (Å²) in [6.07, 6.45) is 1.65. The van der Waals surface area contributed by atoms with Crippen LogP contribution in [0.5, 0.6) is 0 Å². The van der Waals surface area contributed by atoms with Gasteiger partial charge in [-0.15, -0.1) is 0 Å². The van der Waals surface area contributed by atoms with Crippen LogP contribution in [-0.4, -0.2) is 22.6 Å². The van der Waals surface area contributed by atoms with E-state index in [1.807, 2.05) is 21.6 Å². The van der Waals surface area contributed by atoms with Gasteiger partial charge in [0.15, 0.2) is 0 Å². The van der Waals surface area contributed by atoms with E-state index in [1.54, 1.807) is 6.92 Å². The van der Waals surface area contributed by atoms with E-state index in [9.17, 15) is 4.79 Å². The first kappa shape index (κ1) is 10.2. The second kappa shape index (κ2) is 7.28. The minimum atomic E-state index is -0.745. The van der Waals surface area contributed by atoms with Crippen LogP contribution in [0.4, 0.5) is 0 Å². The van der Waals surface area contributed by atoms with Gasteiger partial charge in [-0.1, -0.05) is 28.5 Å². The van der Waals surface area contributed by atoms with E-state index in [2.05, 4.69) is 0 Å². The Morgan fingerprint density at radius 2 is 1.90 bits per heavy atom. The van der Waals surface area contributed by atoms with Crippen LogP contribution in [0, 0.1) is 0 Å². The molecule has 0 aromatic rings. The van der Waals surface area contributed by atoms with Crippen molar-refractivity contribution in [3.8, 4) is 0 Å². The molecule has 0 radical (unpaired) electrons. The van der Waals surface area contributed by atoms with Gasteiger partial charge in [0.05, 0.1) is 0 Å². The molecule has 0 aromatic carbocycles. The van der Waals surface area contributed by atoms with E-state index in [4.69, 9.17) is 5.11 Å². The van der Waals surface area contributed by atoms with Crippen LogP contribution in [0.3, 0.4) is 0 Å². The van der Waals surface area contributed by atoms with Crippen molar-refractivity contribution in [2.45, 2.75) is 19.8 Å². The summed E-state index contributed by atoms with van der Waals surface area (Å²) in [7, 11) is 3.98. The van der Waals surface area contributed by atoms with Crippen LogP contribution in [0.2, 0.25) is 0 Å². The zero-order chi connectivity index (χ0) is 7.82. The first-order valence-electron chi connectivity index (χ1n) is 3.23. The molecule has 1 fully saturated rings. The number of rotatable bonds is 1. The third-order valence-electron chi connectivity index (χ3n) is 0.841. The Labute approximate surface area is 69.2 Å². The number of hydrogen-bond acceptors (Lipinski definition) is 3. The van der Waals surface area contributed by atoms with E-state index in [0.717, 1.165) is 0 Å². The number of aliphatic carboxylic acids is 1. The molecular formula is C6H12O2S2. The number of carboxylic acids is 1. The predicted octanol–water partition coefficient (Wildman–Crippen LogP) is 2.25. The average Bonchev–Trinajstić information content (AvgIpc) is 2.43. The van der Waals surface area contributed by atoms with Crippen LogP contribution < -0.4 is 0 Å². The predicted molar refractivity (Wildman–Crippen MR) is 47.5 cm³/mol. The molecule has 1 N–H and O–H groups in total. The highest BCUT2D eigenvalue weighted by atomic mass is 33.1. The molecule has 1 aliphatic rings. The minimum absolute atomic E-state index is 0.222. The summed E-state index contributed by atoms with van der Waals surface area (Å²) < 4.78 is 0. The Kier molecular flexibility index (Phi) is 7.40. The molecule has 0 aromatic heterocycles. The third kappa shape index (κ3) is 8.17. The Hall–Kier alpha value is 0.170. The van der Waals surface area contributed by atoms with Crippen LogP contribution in [0.15, 0.2) is 0 Å². The Bertz CT molecular complexity index is 84.1. The van der Waals surface area contributed by atoms with Crippen molar-refractivity contribution in [3.63, 3.8) is 0 Å². The molecule has 0 unspecified atom stereocenters. The molecule has 0 bridgehead atoms. The second-order valence-corrected chi connectivity index (χ2v) is 4.45. The molecule has 1 saturated heterocycles. The SMILES string of the molecule is C1CSSC1.CCC(=O)O. The standard InChI is InChI=1S/C3H6O2.C3H6S2/c1-2-3(4)5;1-2-4-5-3-1/h2H2,1H3,(H,4,5);1-3H2. The fraction of sp³-hybridized carbons (Fsp3) is 0.833. The van der Waals surface area contributed by atoms with Gasteiger partial charge in [-0.25, -0.2) is 0 Å². The molecular weight excluding hydrogens is 168 g/mol. The lowest BCUT2D eigenvalue weighted by Gasteiger charge is -1.71. The average molecular weight is 180 g/mol. The quantitative estimate of drug-likeness (QED) is 0.628. The van der Waals surface area contributed by atoms with Gasteiger partial charge in [0.1, 0.15) is 0 Å². The molecule has 2 nitrogen and oxygen atoms in total. The first-order valence-corrected chi connectivity index (χ1v) is 5.72. The van der Waals surface area contributed by atoms with Crippen molar-refractivity contribution in [2.75, 3.05) is 11.5 Å². The third-order valence-corrected chi connectivity index (χ3v) is 3.42. The minimum Gasteiger partial charge on any atom is -0.481 e. The molecule has 0 spiro atoms. The van der Waals surface area contributed by atoms with E-state index in [-0.39, 0.29) is 6.42 Å². The van der Waals surface area contributed by atoms with Gasteiger partial charge in [-0.2, -0.15) is 0 Å². The van der Waals surface area contributed by atoms with E-state index < -0.39 is 5.97 Å². The number of hydrogen-bond donors (Lipinski definition) is 1. The molecule has 10 heavy (non-hydrogen) atoms. The van der Waals surface area contributed by atoms with Crippen molar-refractivity contribution < 1.29 is 9.90 Å². The maximum atomic E-state index is 9.37. The van der Waals surface area contributed by atoms with Gasteiger partial charge in [0.25, 0.3) is 0 Å². The van der Waals surface area contributed by atoms with Crippen molar-refractivity contribution in [2.24, 2.45) is 0 Å². The molecule has 0 amide bonds. The van der Waals surface area contributed by atoms with Crippen LogP contribution >= 0.6 is 21.6 Å². The highest BCUT2D eigenvalue weighted by Crippen LogP contribution is 2.29. The van der Waals surface area contributed by atoms with Gasteiger partial charge >= 0.3 is 5.97 Å². The molecule has 1 rings (SSSR count). The van der Waals surface area contributed by atoms with Gasteiger partial charge in [-0.05, 0) is 6.42 Å². The molecule has 4 heteroatoms. The zero-order valence-electron chi connectivity index (χ0n) is 6.00. The van der Waals surface area contributed by atoms with Crippen molar-refractivity contribution >= 4 is 27.6 Å². The lowest BCUT2D eigenvalue weighted by atomic mass is 10.5. The van der Waals surface area contributed by atoms with Crippen LogP contribution in [-0.2, 0) is 4.79 Å². The number of carbonyl (C=O) groups is 1. The molecule has 60 valence electrons. The second-order valence-electron chi connectivity index (χ2n) is 1.74. The fourth-order valence-corrected chi connectivity index (χ4v) is 2.65. The summed E-state index contributed by atoms with van der Waals surface area (Å²) in [6.45, 7) is 1.60. The first-order chi connectivity index (χ1) is 4.77. The van der Waals surface area contributed by atoms with Crippen LogP contribution in [0.1, 0.15) is 19.8 Å². The summed E-state index contributed by atoms with van der Waals surface area (Å²) in [5, 5.41) is 7.72. The summed E-state index contributed by atoms with van der Waals surface area (Å²) in [6, 6.07) is 0. The lowest BCUT2D eigenvalue weighted by molar-refractivity contribution is -0.136. The monoisotopic (exact) mass is 180 g/mol. The number of carboxylic acid groups (broad SMARTS) is 1. The Balaban J connectivity index is 0.000000162. The Morgan fingerprint density at radius 1 is 1.50 bits per heavy atom. The summed E-state index contributed by atoms with van der Waals surface area (Å²) in [4.78, 5) is 9.37. The molecule has 0 saturated carbocycles. The summed E-state index contributed by atoms with van der Waals surface area (Å²) >= 11 is 0. The molecule has 1 heterocycles. The summed E-state index contributed by atoms with van der Waals surface area (Å²) in [5.41, 5.74) is 0. The lowest BCUT2D eigenvalue weighted by Crippen LogP contribution is -1.86. The summed E-state index contributed by atoms with van der Waals surface area (Å²) in [5.74, 6) is 2.01. The van der Waals surface area contributed by atoms with Gasteiger partial charge in [0.2, 0.25) is 0 Å². The fourth-order valence-electron chi connectivity index (χ4n) is 0.295. The zero-order valence-corrected chi connectivity index (χ0v) is 7.63. The van der Waals surface area contributed by atoms with Crippen LogP contribution in [0.25, 0.3) is 0 Å².